The molecule has 2 N–H and O–H groups in total. The molecule has 4 nitrogen and oxygen atoms in total. The lowest BCUT2D eigenvalue weighted by Crippen LogP contribution is -2.03. The Balaban J connectivity index is 2.62. The molecule has 0 unspecified atom stereocenters. The molecule has 2 heterocycles. The minimum absolute atomic E-state index is 0.00458. The zero-order valence-corrected chi connectivity index (χ0v) is 6.16. The molecule has 12 heavy (non-hydrogen) atoms. The highest BCUT2D eigenvalue weighted by atomic mass is 16.3. The van der Waals surface area contributed by atoms with E-state index in [1.807, 2.05) is 4.40 Å². The van der Waals surface area contributed by atoms with Gasteiger partial charge in [0, 0.05) is 12.4 Å². The van der Waals surface area contributed by atoms with Gasteiger partial charge in [0.05, 0.1) is 12.1 Å². The standard InChI is InChI=1S/C8H6N2O2/c11-5-3-4-7(12)6(5)8-9-1-2-10(4)8/h1-2,9,12H,3H2. The molecule has 3 rings (SSSR count). The second-order valence-electron chi connectivity index (χ2n) is 2.95. The number of hydrogen-bond acceptors (Lipinski definition) is 2. The van der Waals surface area contributed by atoms with Crippen LogP contribution in [0, 0.1) is 0 Å². The third-order valence-electron chi connectivity index (χ3n) is 2.33. The Labute approximate surface area is 67.4 Å². The molecular weight excluding hydrogens is 156 g/mol. The number of aromatic nitrogens is 2. The second kappa shape index (κ2) is 1.55. The molecule has 0 spiro atoms. The zero-order valence-electron chi connectivity index (χ0n) is 6.16. The second-order valence-corrected chi connectivity index (χ2v) is 2.95. The number of Topliss-reactive ketones (excluding diaryl/α,β-unsaturated/α-hetero) is 1. The fraction of sp³-hybridized carbons (Fsp3) is 0.125. The van der Waals surface area contributed by atoms with Crippen molar-refractivity contribution in [2.75, 3.05) is 0 Å². The van der Waals surface area contributed by atoms with Gasteiger partial charge in [0.2, 0.25) is 0 Å². The first-order valence-electron chi connectivity index (χ1n) is 3.71. The highest BCUT2D eigenvalue weighted by molar-refractivity contribution is 6.10. The summed E-state index contributed by atoms with van der Waals surface area (Å²) in [4.78, 5) is 14.1. The van der Waals surface area contributed by atoms with Crippen molar-refractivity contribution in [3.63, 3.8) is 0 Å². The number of nitrogens with zero attached hydrogens (tertiary/aromatic N) is 1. The number of carbonyl (C=O) groups excluding carboxylic acids is 1. The summed E-state index contributed by atoms with van der Waals surface area (Å²) in [5, 5.41) is 9.49. The molecule has 2 bridgehead atoms. The third kappa shape index (κ3) is 0.423. The van der Waals surface area contributed by atoms with Crippen LogP contribution in [0.1, 0.15) is 16.1 Å². The van der Waals surface area contributed by atoms with Crippen molar-refractivity contribution < 1.29 is 9.90 Å². The highest BCUT2D eigenvalue weighted by Gasteiger charge is 2.31. The van der Waals surface area contributed by atoms with Crippen molar-refractivity contribution in [3.8, 4) is 5.75 Å². The lowest BCUT2D eigenvalue weighted by molar-refractivity contribution is 0.0997. The SMILES string of the molecule is O=C1Cc2c(O)c1c1[nH]ccn21. The highest BCUT2D eigenvalue weighted by Crippen LogP contribution is 2.36. The molecule has 0 fully saturated rings. The molecule has 0 saturated carbocycles. The van der Waals surface area contributed by atoms with Crippen LogP contribution in [0.3, 0.4) is 0 Å². The normalized spacial score (nSPS) is 14.8. The maximum atomic E-state index is 11.2. The molecule has 60 valence electrons. The number of aromatic hydroxyl groups is 1. The lowest BCUT2D eigenvalue weighted by Gasteiger charge is -1.97. The number of fused-ring (bicyclic) bond motifs is 5. The molecule has 0 radical (unpaired) electrons. The van der Waals surface area contributed by atoms with Gasteiger partial charge in [0.1, 0.15) is 17.0 Å². The zero-order chi connectivity index (χ0) is 8.29. The molecule has 2 aromatic heterocycles. The van der Waals surface area contributed by atoms with Crippen LogP contribution in [-0.2, 0) is 6.42 Å². The van der Waals surface area contributed by atoms with Gasteiger partial charge in [-0.3, -0.25) is 4.79 Å². The maximum Gasteiger partial charge on any atom is 0.176 e. The van der Waals surface area contributed by atoms with Crippen LogP contribution in [0.5, 0.6) is 5.75 Å². The smallest absolute Gasteiger partial charge is 0.176 e. The Hall–Kier alpha value is -1.71. The van der Waals surface area contributed by atoms with E-state index >= 15 is 0 Å². The maximum absolute atomic E-state index is 11.2. The topological polar surface area (TPSA) is 57.5 Å². The van der Waals surface area contributed by atoms with E-state index in [0.29, 0.717) is 23.3 Å². The van der Waals surface area contributed by atoms with Gasteiger partial charge in [-0.1, -0.05) is 0 Å². The van der Waals surface area contributed by atoms with Gasteiger partial charge in [-0.05, 0) is 0 Å². The van der Waals surface area contributed by atoms with Crippen LogP contribution in [0.4, 0.5) is 0 Å². The summed E-state index contributed by atoms with van der Waals surface area (Å²) >= 11 is 0. The van der Waals surface area contributed by atoms with E-state index in [1.165, 1.54) is 0 Å². The summed E-state index contributed by atoms with van der Waals surface area (Å²) in [6.45, 7) is 0. The average Bonchev–Trinajstić information content (AvgIpc) is 2.61. The first kappa shape index (κ1) is 5.88. The first-order valence-corrected chi connectivity index (χ1v) is 3.71. The Kier molecular flexibility index (Phi) is 0.760. The molecular formula is C8H6N2O2. The van der Waals surface area contributed by atoms with Crippen LogP contribution in [-0.4, -0.2) is 20.3 Å². The summed E-state index contributed by atoms with van der Waals surface area (Å²) in [7, 11) is 0. The van der Waals surface area contributed by atoms with E-state index in [-0.39, 0.29) is 11.5 Å². The number of ketones is 1. The third-order valence-corrected chi connectivity index (χ3v) is 2.33. The van der Waals surface area contributed by atoms with Crippen molar-refractivity contribution in [1.29, 1.82) is 0 Å². The van der Waals surface area contributed by atoms with Crippen LogP contribution in [0.15, 0.2) is 12.4 Å². The minimum Gasteiger partial charge on any atom is -0.505 e. The quantitative estimate of drug-likeness (QED) is 0.599. The van der Waals surface area contributed by atoms with Crippen LogP contribution < -0.4 is 0 Å². The minimum atomic E-state index is 0.00458. The largest absolute Gasteiger partial charge is 0.505 e. The lowest BCUT2D eigenvalue weighted by atomic mass is 10.2. The molecule has 0 atom stereocenters. The predicted molar refractivity (Wildman–Crippen MR) is 41.4 cm³/mol. The van der Waals surface area contributed by atoms with Gasteiger partial charge in [-0.25, -0.2) is 0 Å². The molecule has 1 aliphatic rings. The predicted octanol–water partition coefficient (Wildman–Crippen LogP) is 0.712. The van der Waals surface area contributed by atoms with Gasteiger partial charge in [-0.15, -0.1) is 0 Å². The number of carbonyl (C=O) groups is 1. The fourth-order valence-electron chi connectivity index (χ4n) is 1.80. The number of hydrogen-bond donors (Lipinski definition) is 2. The number of imidazole rings is 1. The van der Waals surface area contributed by atoms with Crippen molar-refractivity contribution in [2.45, 2.75) is 6.42 Å². The number of aromatic amines is 1. The summed E-state index contributed by atoms with van der Waals surface area (Å²) < 4.78 is 1.81. The van der Waals surface area contributed by atoms with E-state index in [4.69, 9.17) is 0 Å². The first-order chi connectivity index (χ1) is 5.79. The molecule has 0 saturated heterocycles. The van der Waals surface area contributed by atoms with E-state index in [1.54, 1.807) is 12.4 Å². The Morgan fingerprint density at radius 1 is 1.58 bits per heavy atom. The molecule has 1 aliphatic carbocycles. The molecule has 0 aliphatic heterocycles. The van der Waals surface area contributed by atoms with Crippen molar-refractivity contribution in [2.24, 2.45) is 0 Å². The van der Waals surface area contributed by atoms with Gasteiger partial charge >= 0.3 is 0 Å². The summed E-state index contributed by atoms with van der Waals surface area (Å²) in [5.41, 5.74) is 1.85. The summed E-state index contributed by atoms with van der Waals surface area (Å²) in [5.74, 6) is 0.150. The molecule has 0 amide bonds. The number of rotatable bonds is 0. The Morgan fingerprint density at radius 2 is 2.42 bits per heavy atom. The fourth-order valence-corrected chi connectivity index (χ4v) is 1.80. The monoisotopic (exact) mass is 162 g/mol. The molecule has 4 heteroatoms. The average molecular weight is 162 g/mol. The van der Waals surface area contributed by atoms with Crippen molar-refractivity contribution in [3.05, 3.63) is 23.7 Å². The van der Waals surface area contributed by atoms with E-state index < -0.39 is 0 Å². The van der Waals surface area contributed by atoms with Gasteiger partial charge in [-0.2, -0.15) is 0 Å². The summed E-state index contributed by atoms with van der Waals surface area (Å²) in [6, 6.07) is 0. The Morgan fingerprint density at radius 3 is 3.25 bits per heavy atom. The number of H-pyrrole nitrogens is 1. The van der Waals surface area contributed by atoms with E-state index in [9.17, 15) is 9.90 Å². The van der Waals surface area contributed by atoms with E-state index in [2.05, 4.69) is 4.98 Å². The molecule has 2 aromatic rings. The molecule has 0 aromatic carbocycles. The van der Waals surface area contributed by atoms with Crippen molar-refractivity contribution in [1.82, 2.24) is 9.38 Å². The number of nitrogens with one attached hydrogen (secondary N) is 1. The van der Waals surface area contributed by atoms with Gasteiger partial charge < -0.3 is 14.5 Å². The summed E-state index contributed by atoms with van der Waals surface area (Å²) in [6.07, 6.45) is 3.89. The van der Waals surface area contributed by atoms with Gasteiger partial charge in [0.15, 0.2) is 5.78 Å². The van der Waals surface area contributed by atoms with Gasteiger partial charge in [0.25, 0.3) is 0 Å². The van der Waals surface area contributed by atoms with Crippen LogP contribution in [0.2, 0.25) is 0 Å². The van der Waals surface area contributed by atoms with E-state index in [0.717, 1.165) is 0 Å². The van der Waals surface area contributed by atoms with Crippen molar-refractivity contribution >= 4 is 11.4 Å². The Bertz CT molecular complexity index is 492. The van der Waals surface area contributed by atoms with Crippen LogP contribution >= 0.6 is 0 Å². The van der Waals surface area contributed by atoms with Crippen LogP contribution in [0.25, 0.3) is 5.65 Å².